The van der Waals surface area contributed by atoms with E-state index in [1.165, 1.54) is 0 Å². The van der Waals surface area contributed by atoms with Crippen LogP contribution < -0.4 is 0 Å². The van der Waals surface area contributed by atoms with Gasteiger partial charge in [-0.25, -0.2) is 0 Å². The molecule has 2 heterocycles. The molecular weight excluding hydrogens is 562 g/mol. The van der Waals surface area contributed by atoms with Gasteiger partial charge in [0.25, 0.3) is 0 Å². The van der Waals surface area contributed by atoms with Crippen LogP contribution in [0.2, 0.25) is 0 Å². The molecule has 9 aromatic rings. The number of hydrogen-bond acceptors (Lipinski definition) is 3. The maximum atomic E-state index is 9.92. The van der Waals surface area contributed by atoms with E-state index >= 15 is 0 Å². The van der Waals surface area contributed by atoms with Crippen molar-refractivity contribution in [2.45, 2.75) is 0 Å². The highest BCUT2D eigenvalue weighted by molar-refractivity contribution is 6.10. The van der Waals surface area contributed by atoms with Crippen molar-refractivity contribution in [1.82, 2.24) is 0 Å². The highest BCUT2D eigenvalue weighted by Gasteiger charge is 2.14. The maximum absolute atomic E-state index is 9.92. The lowest BCUT2D eigenvalue weighted by molar-refractivity contribution is 0.669. The molecule has 0 spiro atoms. The van der Waals surface area contributed by atoms with Gasteiger partial charge in [-0.2, -0.15) is 5.26 Å². The van der Waals surface area contributed by atoms with Crippen LogP contribution in [0.3, 0.4) is 0 Å². The first-order valence-corrected chi connectivity index (χ1v) is 15.3. The van der Waals surface area contributed by atoms with Crippen LogP contribution in [-0.4, -0.2) is 0 Å². The zero-order valence-electron chi connectivity index (χ0n) is 24.7. The van der Waals surface area contributed by atoms with Crippen molar-refractivity contribution in [3.05, 3.63) is 157 Å². The van der Waals surface area contributed by atoms with Crippen LogP contribution in [0.4, 0.5) is 0 Å². The van der Waals surface area contributed by atoms with E-state index in [1.54, 1.807) is 0 Å². The third-order valence-electron chi connectivity index (χ3n) is 8.93. The van der Waals surface area contributed by atoms with Crippen molar-refractivity contribution < 1.29 is 8.83 Å². The van der Waals surface area contributed by atoms with Crippen LogP contribution in [0, 0.1) is 11.3 Å². The quantitative estimate of drug-likeness (QED) is 0.206. The smallest absolute Gasteiger partial charge is 0.143 e. The van der Waals surface area contributed by atoms with E-state index in [-0.39, 0.29) is 0 Å². The molecule has 46 heavy (non-hydrogen) atoms. The molecular formula is C43H25NO2. The highest BCUT2D eigenvalue weighted by atomic mass is 16.3. The molecule has 0 bridgehead atoms. The van der Waals surface area contributed by atoms with Gasteiger partial charge in [0.15, 0.2) is 0 Å². The van der Waals surface area contributed by atoms with Gasteiger partial charge in [-0.15, -0.1) is 0 Å². The van der Waals surface area contributed by atoms with Crippen LogP contribution >= 0.6 is 0 Å². The van der Waals surface area contributed by atoms with Crippen molar-refractivity contribution in [1.29, 1.82) is 5.26 Å². The fraction of sp³-hybridized carbons (Fsp3) is 0. The van der Waals surface area contributed by atoms with E-state index in [0.29, 0.717) is 5.56 Å². The fourth-order valence-electron chi connectivity index (χ4n) is 6.66. The molecule has 0 aliphatic heterocycles. The molecule has 0 N–H and O–H groups in total. The molecule has 0 aliphatic rings. The van der Waals surface area contributed by atoms with Crippen LogP contribution in [0.15, 0.2) is 160 Å². The first-order valence-electron chi connectivity index (χ1n) is 15.3. The molecule has 9 rings (SSSR count). The van der Waals surface area contributed by atoms with Crippen LogP contribution in [-0.2, 0) is 0 Å². The van der Waals surface area contributed by atoms with Crippen molar-refractivity contribution in [3.8, 4) is 50.6 Å². The van der Waals surface area contributed by atoms with Crippen LogP contribution in [0.5, 0.6) is 0 Å². The number of rotatable bonds is 4. The summed E-state index contributed by atoms with van der Waals surface area (Å²) in [4.78, 5) is 0. The Labute approximate surface area is 265 Å². The molecule has 0 aliphatic carbocycles. The summed E-state index contributed by atoms with van der Waals surface area (Å²) in [5.41, 5.74) is 12.6. The average molecular weight is 588 g/mol. The third-order valence-corrected chi connectivity index (χ3v) is 8.93. The van der Waals surface area contributed by atoms with Crippen LogP contribution in [0.1, 0.15) is 5.56 Å². The van der Waals surface area contributed by atoms with E-state index in [9.17, 15) is 5.26 Å². The van der Waals surface area contributed by atoms with Gasteiger partial charge in [0.2, 0.25) is 0 Å². The predicted molar refractivity (Wildman–Crippen MR) is 187 cm³/mol. The summed E-state index contributed by atoms with van der Waals surface area (Å²) < 4.78 is 12.6. The molecule has 0 atom stereocenters. The van der Waals surface area contributed by atoms with Gasteiger partial charge < -0.3 is 8.83 Å². The lowest BCUT2D eigenvalue weighted by atomic mass is 9.94. The van der Waals surface area contributed by atoms with Gasteiger partial charge in [-0.1, -0.05) is 121 Å². The van der Waals surface area contributed by atoms with E-state index in [2.05, 4.69) is 109 Å². The van der Waals surface area contributed by atoms with Crippen molar-refractivity contribution >= 4 is 43.9 Å². The van der Waals surface area contributed by atoms with Gasteiger partial charge in [-0.05, 0) is 63.7 Å². The topological polar surface area (TPSA) is 50.1 Å². The number of hydrogen-bond donors (Lipinski definition) is 0. The number of fused-ring (bicyclic) bond motifs is 6. The Kier molecular flexibility index (Phi) is 5.88. The molecule has 0 fully saturated rings. The minimum absolute atomic E-state index is 0.625. The Balaban J connectivity index is 1.06. The fourth-order valence-corrected chi connectivity index (χ4v) is 6.66. The molecule has 214 valence electrons. The number of nitrogens with zero attached hydrogens (tertiary/aromatic N) is 1. The highest BCUT2D eigenvalue weighted by Crippen LogP contribution is 2.38. The molecule has 3 heteroatoms. The molecule has 0 saturated heterocycles. The van der Waals surface area contributed by atoms with Gasteiger partial charge in [0.05, 0.1) is 11.6 Å². The van der Waals surface area contributed by atoms with E-state index in [4.69, 9.17) is 8.83 Å². The summed E-state index contributed by atoms with van der Waals surface area (Å²) in [5.74, 6) is 0. The summed E-state index contributed by atoms with van der Waals surface area (Å²) in [6, 6.07) is 54.3. The van der Waals surface area contributed by atoms with Crippen molar-refractivity contribution in [2.75, 3.05) is 0 Å². The van der Waals surface area contributed by atoms with Crippen LogP contribution in [0.25, 0.3) is 88.4 Å². The Morgan fingerprint density at radius 1 is 0.370 bits per heavy atom. The van der Waals surface area contributed by atoms with Gasteiger partial charge in [0, 0.05) is 32.7 Å². The van der Waals surface area contributed by atoms with Crippen molar-refractivity contribution in [3.63, 3.8) is 0 Å². The predicted octanol–water partition coefficient (Wildman–Crippen LogP) is 12.0. The van der Waals surface area contributed by atoms with Gasteiger partial charge in [-0.3, -0.25) is 0 Å². The zero-order chi connectivity index (χ0) is 30.6. The normalized spacial score (nSPS) is 11.5. The number of para-hydroxylation sites is 4. The summed E-state index contributed by atoms with van der Waals surface area (Å²) in [5, 5.41) is 14.4. The molecule has 2 aromatic heterocycles. The first-order chi connectivity index (χ1) is 22.7. The summed E-state index contributed by atoms with van der Waals surface area (Å²) in [7, 11) is 0. The summed E-state index contributed by atoms with van der Waals surface area (Å²) in [6.45, 7) is 0. The van der Waals surface area contributed by atoms with Crippen molar-refractivity contribution in [2.24, 2.45) is 0 Å². The minimum atomic E-state index is 0.625. The molecule has 0 radical (unpaired) electrons. The average Bonchev–Trinajstić information content (AvgIpc) is 3.70. The Hall–Kier alpha value is -6.37. The summed E-state index contributed by atoms with van der Waals surface area (Å²) >= 11 is 0. The minimum Gasteiger partial charge on any atom is -0.455 e. The van der Waals surface area contributed by atoms with Gasteiger partial charge in [0.1, 0.15) is 22.3 Å². The number of nitriles is 1. The van der Waals surface area contributed by atoms with E-state index in [1.807, 2.05) is 48.5 Å². The Morgan fingerprint density at radius 3 is 1.24 bits per heavy atom. The zero-order valence-corrected chi connectivity index (χ0v) is 24.7. The Morgan fingerprint density at radius 2 is 0.783 bits per heavy atom. The summed E-state index contributed by atoms with van der Waals surface area (Å²) in [6.07, 6.45) is 0. The maximum Gasteiger partial charge on any atom is 0.143 e. The largest absolute Gasteiger partial charge is 0.455 e. The van der Waals surface area contributed by atoms with E-state index in [0.717, 1.165) is 88.4 Å². The molecule has 0 saturated carbocycles. The Bertz CT molecular complexity index is 2460. The number of furan rings is 2. The second kappa shape index (κ2) is 10.4. The standard InChI is InChI=1S/C43H25NO2/c44-26-27-23-32(28-15-19-30(20-16-28)34-9-5-11-38-36-7-1-3-13-40(36)45-42(34)38)25-33(24-27)29-17-21-31(22-18-29)35-10-6-12-39-37-8-2-4-14-41(37)46-43(35)39/h1-25H. The second-order valence-corrected chi connectivity index (χ2v) is 11.6. The third kappa shape index (κ3) is 4.20. The molecule has 0 unspecified atom stereocenters. The lowest BCUT2D eigenvalue weighted by Gasteiger charge is -2.10. The van der Waals surface area contributed by atoms with Gasteiger partial charge >= 0.3 is 0 Å². The molecule has 0 amide bonds. The number of benzene rings is 7. The molecule has 7 aromatic carbocycles. The first kappa shape index (κ1) is 26.1. The second-order valence-electron chi connectivity index (χ2n) is 11.6. The SMILES string of the molecule is N#Cc1cc(-c2ccc(-c3cccc4c3oc3ccccc34)cc2)cc(-c2ccc(-c3cccc4c3oc3ccccc34)cc2)c1. The monoisotopic (exact) mass is 587 g/mol. The molecule has 3 nitrogen and oxygen atoms in total. The van der Waals surface area contributed by atoms with E-state index < -0.39 is 0 Å². The lowest BCUT2D eigenvalue weighted by Crippen LogP contribution is -1.87.